The summed E-state index contributed by atoms with van der Waals surface area (Å²) >= 11 is 0. The molecule has 0 aromatic rings. The van der Waals surface area contributed by atoms with E-state index in [4.69, 9.17) is 11.1 Å². The lowest BCUT2D eigenvalue weighted by molar-refractivity contribution is 1.20. The molecule has 2 nitrogen and oxygen atoms in total. The maximum Gasteiger partial charge on any atom is 0.117 e. The second-order valence-electron chi connectivity index (χ2n) is 1.71. The van der Waals surface area contributed by atoms with Crippen molar-refractivity contribution in [2.45, 2.75) is 20.3 Å². The number of allylic oxidation sites excluding steroid dienone is 1. The van der Waals surface area contributed by atoms with E-state index in [-0.39, 0.29) is 5.84 Å². The topological polar surface area (TPSA) is 49.9 Å². The molecule has 8 heavy (non-hydrogen) atoms. The molecule has 0 aromatic carbocycles. The highest BCUT2D eigenvalue weighted by Crippen LogP contribution is 1.91. The van der Waals surface area contributed by atoms with Crippen LogP contribution in [0.5, 0.6) is 0 Å². The molecule has 0 saturated heterocycles. The van der Waals surface area contributed by atoms with Gasteiger partial charge in [0.2, 0.25) is 0 Å². The normalized spacial score (nSPS) is 11.5. The Morgan fingerprint density at radius 1 is 1.75 bits per heavy atom. The van der Waals surface area contributed by atoms with Gasteiger partial charge in [0.1, 0.15) is 5.84 Å². The second kappa shape index (κ2) is 3.24. The van der Waals surface area contributed by atoms with E-state index in [0.29, 0.717) is 0 Å². The van der Waals surface area contributed by atoms with Gasteiger partial charge in [-0.25, -0.2) is 0 Å². The fraction of sp³-hybridized carbons (Fsp3) is 0.500. The molecule has 0 aliphatic rings. The zero-order valence-electron chi connectivity index (χ0n) is 5.36. The van der Waals surface area contributed by atoms with Crippen LogP contribution in [0.2, 0.25) is 0 Å². The molecule has 0 bridgehead atoms. The van der Waals surface area contributed by atoms with Gasteiger partial charge in [0.05, 0.1) is 0 Å². The summed E-state index contributed by atoms with van der Waals surface area (Å²) in [6.45, 7) is 3.86. The third-order valence-corrected chi connectivity index (χ3v) is 0.935. The van der Waals surface area contributed by atoms with Gasteiger partial charge in [0.15, 0.2) is 0 Å². The van der Waals surface area contributed by atoms with Crippen molar-refractivity contribution < 1.29 is 0 Å². The van der Waals surface area contributed by atoms with Crippen LogP contribution in [0.3, 0.4) is 0 Å². The van der Waals surface area contributed by atoms with E-state index in [9.17, 15) is 0 Å². The first kappa shape index (κ1) is 7.21. The van der Waals surface area contributed by atoms with E-state index >= 15 is 0 Å². The van der Waals surface area contributed by atoms with E-state index in [0.717, 1.165) is 12.0 Å². The van der Waals surface area contributed by atoms with Crippen LogP contribution in [0.25, 0.3) is 0 Å². The van der Waals surface area contributed by atoms with Gasteiger partial charge in [0.25, 0.3) is 0 Å². The van der Waals surface area contributed by atoms with E-state index in [1.807, 2.05) is 19.9 Å². The summed E-state index contributed by atoms with van der Waals surface area (Å²) in [5.41, 5.74) is 6.01. The summed E-state index contributed by atoms with van der Waals surface area (Å²) in [5, 5.41) is 6.91. The van der Waals surface area contributed by atoms with Crippen LogP contribution in [0.4, 0.5) is 0 Å². The molecule has 0 aliphatic carbocycles. The lowest BCUT2D eigenvalue weighted by atomic mass is 10.2. The van der Waals surface area contributed by atoms with E-state index in [1.165, 1.54) is 0 Å². The lowest BCUT2D eigenvalue weighted by Crippen LogP contribution is -2.10. The number of nitrogens with one attached hydrogen (secondary N) is 1. The average Bonchev–Trinajstić information content (AvgIpc) is 1.67. The van der Waals surface area contributed by atoms with Crippen molar-refractivity contribution >= 4 is 5.84 Å². The number of amidine groups is 1. The van der Waals surface area contributed by atoms with Crippen LogP contribution in [-0.4, -0.2) is 5.84 Å². The molecule has 0 unspecified atom stereocenters. The molecule has 0 fully saturated rings. The largest absolute Gasteiger partial charge is 0.384 e. The Morgan fingerprint density at radius 2 is 2.25 bits per heavy atom. The quantitative estimate of drug-likeness (QED) is 0.410. The monoisotopic (exact) mass is 112 g/mol. The highest BCUT2D eigenvalue weighted by Gasteiger charge is 1.87. The molecule has 2 heteroatoms. The van der Waals surface area contributed by atoms with Crippen LogP contribution >= 0.6 is 0 Å². The fourth-order valence-electron chi connectivity index (χ4n) is 0.416. The molecule has 46 valence electrons. The minimum atomic E-state index is 0.173. The first-order valence-corrected chi connectivity index (χ1v) is 2.69. The number of hydrogen-bond donors (Lipinski definition) is 2. The Hall–Kier alpha value is -0.790. The minimum Gasteiger partial charge on any atom is -0.384 e. The molecule has 0 radical (unpaired) electrons. The number of nitrogens with two attached hydrogens (primary N) is 1. The van der Waals surface area contributed by atoms with E-state index in [1.54, 1.807) is 0 Å². The number of rotatable bonds is 2. The first-order valence-electron chi connectivity index (χ1n) is 2.69. The predicted molar refractivity (Wildman–Crippen MR) is 36.0 cm³/mol. The molecular formula is C6H12N2. The van der Waals surface area contributed by atoms with Crippen LogP contribution < -0.4 is 5.73 Å². The van der Waals surface area contributed by atoms with Gasteiger partial charge in [0, 0.05) is 0 Å². The Labute approximate surface area is 49.9 Å². The zero-order chi connectivity index (χ0) is 6.57. The van der Waals surface area contributed by atoms with E-state index in [2.05, 4.69) is 0 Å². The average molecular weight is 112 g/mol. The Balaban J connectivity index is 3.80. The fourth-order valence-corrected chi connectivity index (χ4v) is 0.416. The molecule has 0 spiro atoms. The first-order chi connectivity index (χ1) is 3.68. The van der Waals surface area contributed by atoms with Crippen LogP contribution in [0.1, 0.15) is 20.3 Å². The SMILES string of the molecule is CC/C=C(\C)C(=N)N. The number of hydrogen-bond acceptors (Lipinski definition) is 1. The molecule has 0 rings (SSSR count). The van der Waals surface area contributed by atoms with Gasteiger partial charge in [-0.1, -0.05) is 13.0 Å². The molecule has 0 aliphatic heterocycles. The summed E-state index contributed by atoms with van der Waals surface area (Å²) in [6, 6.07) is 0. The maximum absolute atomic E-state index is 6.91. The predicted octanol–water partition coefficient (Wildman–Crippen LogP) is 1.28. The third kappa shape index (κ3) is 2.39. The smallest absolute Gasteiger partial charge is 0.117 e. The highest BCUT2D eigenvalue weighted by atomic mass is 14.7. The third-order valence-electron chi connectivity index (χ3n) is 0.935. The van der Waals surface area contributed by atoms with E-state index < -0.39 is 0 Å². The summed E-state index contributed by atoms with van der Waals surface area (Å²) in [4.78, 5) is 0. The maximum atomic E-state index is 6.91. The van der Waals surface area contributed by atoms with Crippen molar-refractivity contribution in [1.29, 1.82) is 5.41 Å². The molecule has 0 atom stereocenters. The van der Waals surface area contributed by atoms with Gasteiger partial charge in [-0.05, 0) is 18.9 Å². The van der Waals surface area contributed by atoms with Crippen molar-refractivity contribution in [3.8, 4) is 0 Å². The molecular weight excluding hydrogens is 100 g/mol. The molecule has 0 saturated carbocycles. The Bertz CT molecular complexity index is 114. The summed E-state index contributed by atoms with van der Waals surface area (Å²) in [5.74, 6) is 0.173. The van der Waals surface area contributed by atoms with Crippen molar-refractivity contribution in [2.24, 2.45) is 5.73 Å². The minimum absolute atomic E-state index is 0.173. The zero-order valence-corrected chi connectivity index (χ0v) is 5.36. The Morgan fingerprint density at radius 3 is 2.38 bits per heavy atom. The molecule has 3 N–H and O–H groups in total. The van der Waals surface area contributed by atoms with Crippen molar-refractivity contribution in [3.63, 3.8) is 0 Å². The second-order valence-corrected chi connectivity index (χ2v) is 1.71. The lowest BCUT2D eigenvalue weighted by Gasteiger charge is -1.92. The Kier molecular flexibility index (Phi) is 2.92. The standard InChI is InChI=1S/C6H12N2/c1-3-4-5(2)6(7)8/h4H,3H2,1-2H3,(H3,7,8)/b5-4+. The van der Waals surface area contributed by atoms with Crippen molar-refractivity contribution in [3.05, 3.63) is 11.6 Å². The van der Waals surface area contributed by atoms with Crippen molar-refractivity contribution in [2.75, 3.05) is 0 Å². The summed E-state index contributed by atoms with van der Waals surface area (Å²) in [7, 11) is 0. The highest BCUT2D eigenvalue weighted by molar-refractivity contribution is 5.93. The van der Waals surface area contributed by atoms with Crippen LogP contribution in [0, 0.1) is 5.41 Å². The molecule has 0 aromatic heterocycles. The van der Waals surface area contributed by atoms with Gasteiger partial charge in [-0.2, -0.15) is 0 Å². The van der Waals surface area contributed by atoms with Gasteiger partial charge < -0.3 is 5.73 Å². The van der Waals surface area contributed by atoms with Crippen LogP contribution in [0.15, 0.2) is 11.6 Å². The van der Waals surface area contributed by atoms with Crippen LogP contribution in [-0.2, 0) is 0 Å². The van der Waals surface area contributed by atoms with Gasteiger partial charge in [-0.15, -0.1) is 0 Å². The van der Waals surface area contributed by atoms with Gasteiger partial charge in [-0.3, -0.25) is 5.41 Å². The molecule has 0 heterocycles. The summed E-state index contributed by atoms with van der Waals surface area (Å²) in [6.07, 6.45) is 2.88. The van der Waals surface area contributed by atoms with Crippen molar-refractivity contribution in [1.82, 2.24) is 0 Å². The molecule has 0 amide bonds. The summed E-state index contributed by atoms with van der Waals surface area (Å²) < 4.78 is 0. The van der Waals surface area contributed by atoms with Gasteiger partial charge >= 0.3 is 0 Å².